The van der Waals surface area contributed by atoms with Crippen molar-refractivity contribution >= 4 is 21.5 Å². The van der Waals surface area contributed by atoms with Gasteiger partial charge >= 0.3 is 0 Å². The zero-order valence-corrected chi connectivity index (χ0v) is 12.6. The van der Waals surface area contributed by atoms with Gasteiger partial charge in [-0.15, -0.1) is 0 Å². The van der Waals surface area contributed by atoms with E-state index in [9.17, 15) is 0 Å². The van der Waals surface area contributed by atoms with Gasteiger partial charge in [0.2, 0.25) is 0 Å². The molecule has 0 spiro atoms. The second-order valence-corrected chi connectivity index (χ2v) is 6.11. The molecule has 1 nitrogen and oxygen atoms in total. The maximum atomic E-state index is 6.11. The lowest BCUT2D eigenvalue weighted by atomic mass is 9.96. The van der Waals surface area contributed by atoms with Crippen LogP contribution in [0.1, 0.15) is 23.3 Å². The summed E-state index contributed by atoms with van der Waals surface area (Å²) < 4.78 is 6.11. The Morgan fingerprint density at radius 1 is 0.478 bits per heavy atom. The standard InChI is InChI=1S/C22H16O/c1-3-11-17-15(7-1)9-5-13-19(17)21-22(23-21)20-14-6-10-16-8-2-4-12-18(16)20/h1-14,21-22H/t21-,22-/m0/s1. The minimum absolute atomic E-state index is 0.159. The van der Waals surface area contributed by atoms with Gasteiger partial charge in [0.25, 0.3) is 0 Å². The van der Waals surface area contributed by atoms with Crippen LogP contribution in [0.15, 0.2) is 84.9 Å². The highest BCUT2D eigenvalue weighted by molar-refractivity contribution is 5.88. The second-order valence-electron chi connectivity index (χ2n) is 6.11. The zero-order chi connectivity index (χ0) is 15.2. The van der Waals surface area contributed by atoms with Gasteiger partial charge < -0.3 is 4.74 Å². The van der Waals surface area contributed by atoms with Gasteiger partial charge in [0.05, 0.1) is 0 Å². The van der Waals surface area contributed by atoms with Gasteiger partial charge in [0.1, 0.15) is 12.2 Å². The zero-order valence-electron chi connectivity index (χ0n) is 12.6. The molecule has 0 radical (unpaired) electrons. The lowest BCUT2D eigenvalue weighted by molar-refractivity contribution is 0.379. The second kappa shape index (κ2) is 4.94. The van der Waals surface area contributed by atoms with E-state index in [0.717, 1.165) is 0 Å². The van der Waals surface area contributed by atoms with E-state index in [1.54, 1.807) is 0 Å². The first-order valence-electron chi connectivity index (χ1n) is 8.02. The Balaban J connectivity index is 1.60. The Bertz CT molecular complexity index is 924. The summed E-state index contributed by atoms with van der Waals surface area (Å²) in [7, 11) is 0. The number of fused-ring (bicyclic) bond motifs is 2. The number of hydrogen-bond donors (Lipinski definition) is 0. The molecule has 1 heterocycles. The van der Waals surface area contributed by atoms with Crippen molar-refractivity contribution in [1.29, 1.82) is 0 Å². The average Bonchev–Trinajstić information content (AvgIpc) is 3.41. The van der Waals surface area contributed by atoms with Gasteiger partial charge in [-0.1, -0.05) is 84.9 Å². The minimum atomic E-state index is 0.159. The molecule has 110 valence electrons. The van der Waals surface area contributed by atoms with Crippen LogP contribution in [0.4, 0.5) is 0 Å². The molecule has 1 fully saturated rings. The van der Waals surface area contributed by atoms with Crippen molar-refractivity contribution in [3.05, 3.63) is 96.1 Å². The Hall–Kier alpha value is -2.64. The lowest BCUT2D eigenvalue weighted by Gasteiger charge is -2.05. The number of hydrogen-bond acceptors (Lipinski definition) is 1. The third kappa shape index (κ3) is 2.05. The summed E-state index contributed by atoms with van der Waals surface area (Å²) in [4.78, 5) is 0. The van der Waals surface area contributed by atoms with Crippen molar-refractivity contribution in [2.45, 2.75) is 12.2 Å². The van der Waals surface area contributed by atoms with Crippen molar-refractivity contribution < 1.29 is 4.74 Å². The highest BCUT2D eigenvalue weighted by atomic mass is 16.6. The topological polar surface area (TPSA) is 12.5 Å². The maximum Gasteiger partial charge on any atom is 0.114 e. The van der Waals surface area contributed by atoms with Gasteiger partial charge in [-0.05, 0) is 32.7 Å². The van der Waals surface area contributed by atoms with Crippen molar-refractivity contribution in [3.8, 4) is 0 Å². The largest absolute Gasteiger partial charge is 0.359 e. The summed E-state index contributed by atoms with van der Waals surface area (Å²) in [6, 6.07) is 30.0. The molecule has 23 heavy (non-hydrogen) atoms. The summed E-state index contributed by atoms with van der Waals surface area (Å²) in [6.07, 6.45) is 0.318. The molecule has 4 aromatic rings. The molecule has 0 saturated carbocycles. The molecule has 1 heteroatoms. The molecule has 2 atom stereocenters. The fourth-order valence-corrected chi connectivity index (χ4v) is 3.58. The lowest BCUT2D eigenvalue weighted by Crippen LogP contribution is -1.88. The summed E-state index contributed by atoms with van der Waals surface area (Å²) in [5.74, 6) is 0. The van der Waals surface area contributed by atoms with Crippen LogP contribution in [0.25, 0.3) is 21.5 Å². The molecule has 5 rings (SSSR count). The van der Waals surface area contributed by atoms with Gasteiger partial charge in [-0.3, -0.25) is 0 Å². The molecule has 0 bridgehead atoms. The van der Waals surface area contributed by atoms with E-state index >= 15 is 0 Å². The highest BCUT2D eigenvalue weighted by Crippen LogP contribution is 2.53. The summed E-state index contributed by atoms with van der Waals surface area (Å²) in [5.41, 5.74) is 2.59. The van der Waals surface area contributed by atoms with Crippen molar-refractivity contribution in [2.75, 3.05) is 0 Å². The highest BCUT2D eigenvalue weighted by Gasteiger charge is 2.42. The Morgan fingerprint density at radius 2 is 0.913 bits per heavy atom. The quantitative estimate of drug-likeness (QED) is 0.425. The number of ether oxygens (including phenoxy) is 1. The summed E-state index contributed by atoms with van der Waals surface area (Å²) in [5, 5.41) is 5.14. The van der Waals surface area contributed by atoms with E-state index in [4.69, 9.17) is 4.74 Å². The van der Waals surface area contributed by atoms with E-state index in [1.165, 1.54) is 32.7 Å². The van der Waals surface area contributed by atoms with Crippen LogP contribution in [0.2, 0.25) is 0 Å². The van der Waals surface area contributed by atoms with Crippen LogP contribution in [0.5, 0.6) is 0 Å². The molecule has 0 amide bonds. The van der Waals surface area contributed by atoms with Gasteiger partial charge in [0, 0.05) is 0 Å². The number of rotatable bonds is 2. The van der Waals surface area contributed by atoms with Crippen LogP contribution in [0.3, 0.4) is 0 Å². The predicted molar refractivity (Wildman–Crippen MR) is 94.5 cm³/mol. The Kier molecular flexibility index (Phi) is 2.76. The number of benzene rings is 4. The van der Waals surface area contributed by atoms with Gasteiger partial charge in [-0.2, -0.15) is 0 Å². The molecule has 0 aromatic heterocycles. The molecular weight excluding hydrogens is 280 g/mol. The summed E-state index contributed by atoms with van der Waals surface area (Å²) >= 11 is 0. The van der Waals surface area contributed by atoms with E-state index in [-0.39, 0.29) is 12.2 Å². The first-order chi connectivity index (χ1) is 11.4. The normalized spacial score (nSPS) is 20.0. The molecule has 1 aliphatic rings. The van der Waals surface area contributed by atoms with E-state index in [0.29, 0.717) is 0 Å². The van der Waals surface area contributed by atoms with Gasteiger partial charge in [0.15, 0.2) is 0 Å². The van der Waals surface area contributed by atoms with Crippen molar-refractivity contribution in [1.82, 2.24) is 0 Å². The summed E-state index contributed by atoms with van der Waals surface area (Å²) in [6.45, 7) is 0. The molecular formula is C22H16O. The minimum Gasteiger partial charge on any atom is -0.359 e. The molecule has 1 saturated heterocycles. The third-order valence-corrected chi connectivity index (χ3v) is 4.75. The first-order valence-corrected chi connectivity index (χ1v) is 8.02. The first kappa shape index (κ1) is 12.9. The van der Waals surface area contributed by atoms with Gasteiger partial charge in [-0.25, -0.2) is 0 Å². The molecule has 0 aliphatic carbocycles. The van der Waals surface area contributed by atoms with Crippen LogP contribution in [-0.2, 0) is 4.74 Å². The molecule has 0 unspecified atom stereocenters. The molecule has 1 aliphatic heterocycles. The maximum absolute atomic E-state index is 6.11. The Morgan fingerprint density at radius 3 is 1.43 bits per heavy atom. The van der Waals surface area contributed by atoms with E-state index in [1.807, 2.05) is 0 Å². The Labute approximate surface area is 135 Å². The SMILES string of the molecule is c1ccc2c([C@@H]3O[C@H]3c3cccc4ccccc34)cccc2c1. The van der Waals surface area contributed by atoms with Crippen LogP contribution in [0, 0.1) is 0 Å². The van der Waals surface area contributed by atoms with E-state index in [2.05, 4.69) is 84.9 Å². The third-order valence-electron chi connectivity index (χ3n) is 4.75. The molecule has 0 N–H and O–H groups in total. The fourth-order valence-electron chi connectivity index (χ4n) is 3.58. The monoisotopic (exact) mass is 296 g/mol. The number of epoxide rings is 1. The predicted octanol–water partition coefficient (Wildman–Crippen LogP) is 5.81. The van der Waals surface area contributed by atoms with Crippen LogP contribution >= 0.6 is 0 Å². The molecule has 4 aromatic carbocycles. The fraction of sp³-hybridized carbons (Fsp3) is 0.0909. The average molecular weight is 296 g/mol. The van der Waals surface area contributed by atoms with Crippen LogP contribution < -0.4 is 0 Å². The van der Waals surface area contributed by atoms with Crippen molar-refractivity contribution in [3.63, 3.8) is 0 Å². The van der Waals surface area contributed by atoms with E-state index < -0.39 is 0 Å². The smallest absolute Gasteiger partial charge is 0.114 e. The van der Waals surface area contributed by atoms with Crippen LogP contribution in [-0.4, -0.2) is 0 Å². The van der Waals surface area contributed by atoms with Crippen molar-refractivity contribution in [2.24, 2.45) is 0 Å².